The molecule has 2 aromatic rings. The van der Waals surface area contributed by atoms with Gasteiger partial charge in [-0.1, -0.05) is 23.7 Å². The number of para-hydroxylation sites is 1. The van der Waals surface area contributed by atoms with Gasteiger partial charge in [-0.3, -0.25) is 19.3 Å². The quantitative estimate of drug-likeness (QED) is 0.672. The van der Waals surface area contributed by atoms with Crippen molar-refractivity contribution in [3.05, 3.63) is 47.0 Å². The zero-order valence-electron chi connectivity index (χ0n) is 16.0. The molecule has 3 rings (SSSR count). The molecule has 0 unspecified atom stereocenters. The number of fused-ring (bicyclic) bond motifs is 1. The Morgan fingerprint density at radius 1 is 1.00 bits per heavy atom. The molecule has 0 bridgehead atoms. The second-order valence-electron chi connectivity index (χ2n) is 6.56. The van der Waals surface area contributed by atoms with Crippen molar-refractivity contribution in [2.75, 3.05) is 37.6 Å². The predicted octanol–water partition coefficient (Wildman–Crippen LogP) is 2.78. The third kappa shape index (κ3) is 5.24. The third-order valence-electron chi connectivity index (χ3n) is 4.14. The van der Waals surface area contributed by atoms with Gasteiger partial charge in [-0.15, -0.1) is 0 Å². The number of carbonyl (C=O) groups is 3. The van der Waals surface area contributed by atoms with E-state index in [9.17, 15) is 14.4 Å². The van der Waals surface area contributed by atoms with Crippen LogP contribution in [0.2, 0.25) is 5.02 Å². The average molecular weight is 418 g/mol. The first kappa shape index (κ1) is 20.6. The Labute approximate surface area is 172 Å². The number of nitrogens with one attached hydrogen (secondary N) is 2. The Morgan fingerprint density at radius 3 is 2.21 bits per heavy atom. The van der Waals surface area contributed by atoms with Gasteiger partial charge in [-0.2, -0.15) is 0 Å². The first-order valence-corrected chi connectivity index (χ1v) is 9.18. The fourth-order valence-electron chi connectivity index (χ4n) is 2.82. The van der Waals surface area contributed by atoms with Gasteiger partial charge in [0.05, 0.1) is 29.5 Å². The molecule has 0 radical (unpaired) electrons. The molecule has 2 N–H and O–H groups in total. The molecule has 1 aliphatic rings. The molecule has 0 atom stereocenters. The Balaban J connectivity index is 1.58. The van der Waals surface area contributed by atoms with Crippen molar-refractivity contribution in [2.45, 2.75) is 6.92 Å². The first-order valence-electron chi connectivity index (χ1n) is 8.81. The number of hydrogen-bond donors (Lipinski definition) is 2. The van der Waals surface area contributed by atoms with E-state index in [1.165, 1.54) is 6.92 Å². The summed E-state index contributed by atoms with van der Waals surface area (Å²) in [6, 6.07) is 9.99. The number of ether oxygens (including phenoxy) is 2. The number of Topliss-reactive ketones (excluding diaryl/α,β-unsaturated/α-hetero) is 1. The van der Waals surface area contributed by atoms with Gasteiger partial charge in [-0.05, 0) is 32.2 Å². The Morgan fingerprint density at radius 2 is 1.59 bits per heavy atom. The van der Waals surface area contributed by atoms with Crippen LogP contribution in [-0.2, 0) is 9.59 Å². The monoisotopic (exact) mass is 417 g/mol. The number of hydrogen-bond acceptors (Lipinski definition) is 6. The van der Waals surface area contributed by atoms with Crippen molar-refractivity contribution in [1.82, 2.24) is 4.90 Å². The van der Waals surface area contributed by atoms with Crippen LogP contribution in [0.15, 0.2) is 36.4 Å². The molecule has 29 heavy (non-hydrogen) atoms. The van der Waals surface area contributed by atoms with Crippen LogP contribution in [0.3, 0.4) is 0 Å². The van der Waals surface area contributed by atoms with Crippen molar-refractivity contribution in [1.29, 1.82) is 0 Å². The predicted molar refractivity (Wildman–Crippen MR) is 109 cm³/mol. The van der Waals surface area contributed by atoms with E-state index < -0.39 is 0 Å². The molecular formula is C20H20ClN3O5. The fraction of sp³-hybridized carbons (Fsp3) is 0.250. The summed E-state index contributed by atoms with van der Waals surface area (Å²) >= 11 is 6.02. The summed E-state index contributed by atoms with van der Waals surface area (Å²) in [5.74, 6) is 0.0192. The zero-order valence-corrected chi connectivity index (χ0v) is 16.7. The topological polar surface area (TPSA) is 97.0 Å². The van der Waals surface area contributed by atoms with Crippen LogP contribution < -0.4 is 20.1 Å². The summed E-state index contributed by atoms with van der Waals surface area (Å²) < 4.78 is 10.6. The standard InChI is InChI=1S/C20H20ClN3O5/c1-12(25)13-7-17-18(29-11-28-17)8-16(13)23-20(27)10-24(2)9-19(26)22-15-6-4-3-5-14(15)21/h3-8H,9-11H2,1-2H3,(H,22,26)(H,23,27). The minimum atomic E-state index is -0.376. The highest BCUT2D eigenvalue weighted by atomic mass is 35.5. The molecule has 0 fully saturated rings. The summed E-state index contributed by atoms with van der Waals surface area (Å²) in [7, 11) is 1.64. The molecule has 1 aliphatic heterocycles. The van der Waals surface area contributed by atoms with Gasteiger partial charge in [0.2, 0.25) is 18.6 Å². The maximum Gasteiger partial charge on any atom is 0.238 e. The molecule has 0 aliphatic carbocycles. The lowest BCUT2D eigenvalue weighted by Gasteiger charge is -2.17. The molecule has 0 saturated heterocycles. The van der Waals surface area contributed by atoms with Crippen LogP contribution in [0.4, 0.5) is 11.4 Å². The maximum absolute atomic E-state index is 12.4. The van der Waals surface area contributed by atoms with E-state index in [0.29, 0.717) is 33.5 Å². The third-order valence-corrected chi connectivity index (χ3v) is 4.47. The molecular weight excluding hydrogens is 398 g/mol. The fourth-order valence-corrected chi connectivity index (χ4v) is 3.01. The van der Waals surface area contributed by atoms with Crippen molar-refractivity contribution in [2.24, 2.45) is 0 Å². The molecule has 152 valence electrons. The minimum absolute atomic E-state index is 0.0145. The van der Waals surface area contributed by atoms with E-state index in [1.807, 2.05) is 0 Å². The number of ketones is 1. The van der Waals surface area contributed by atoms with E-state index in [1.54, 1.807) is 48.3 Å². The van der Waals surface area contributed by atoms with Crippen LogP contribution in [0.1, 0.15) is 17.3 Å². The zero-order chi connectivity index (χ0) is 21.0. The van der Waals surface area contributed by atoms with Crippen LogP contribution in [0, 0.1) is 0 Å². The largest absolute Gasteiger partial charge is 0.454 e. The highest BCUT2D eigenvalue weighted by Gasteiger charge is 2.21. The van der Waals surface area contributed by atoms with Crippen LogP contribution in [0.5, 0.6) is 11.5 Å². The van der Waals surface area contributed by atoms with Crippen LogP contribution in [-0.4, -0.2) is 49.4 Å². The van der Waals surface area contributed by atoms with Gasteiger partial charge < -0.3 is 20.1 Å². The lowest BCUT2D eigenvalue weighted by Crippen LogP contribution is -2.36. The van der Waals surface area contributed by atoms with Gasteiger partial charge in [0.15, 0.2) is 17.3 Å². The highest BCUT2D eigenvalue weighted by molar-refractivity contribution is 6.33. The normalized spacial score (nSPS) is 12.0. The number of anilines is 2. The summed E-state index contributed by atoms with van der Waals surface area (Å²) in [4.78, 5) is 38.0. The van der Waals surface area contributed by atoms with E-state index in [-0.39, 0.29) is 37.5 Å². The summed E-state index contributed by atoms with van der Waals surface area (Å²) in [6.07, 6.45) is 0. The number of halogens is 1. The number of rotatable bonds is 7. The minimum Gasteiger partial charge on any atom is -0.454 e. The van der Waals surface area contributed by atoms with Crippen LogP contribution >= 0.6 is 11.6 Å². The molecule has 9 heteroatoms. The summed E-state index contributed by atoms with van der Waals surface area (Å²) in [5, 5.41) is 5.82. The Hall–Kier alpha value is -3.10. The highest BCUT2D eigenvalue weighted by Crippen LogP contribution is 2.37. The Kier molecular flexibility index (Phi) is 6.36. The summed E-state index contributed by atoms with van der Waals surface area (Å²) in [5.41, 5.74) is 1.16. The number of nitrogens with zero attached hydrogens (tertiary/aromatic N) is 1. The van der Waals surface area contributed by atoms with Crippen molar-refractivity contribution < 1.29 is 23.9 Å². The molecule has 8 nitrogen and oxygen atoms in total. The van der Waals surface area contributed by atoms with Gasteiger partial charge in [0, 0.05) is 11.6 Å². The molecule has 1 heterocycles. The van der Waals surface area contributed by atoms with E-state index in [0.717, 1.165) is 0 Å². The van der Waals surface area contributed by atoms with Crippen molar-refractivity contribution >= 4 is 40.6 Å². The Bertz CT molecular complexity index is 963. The summed E-state index contributed by atoms with van der Waals surface area (Å²) in [6.45, 7) is 1.40. The first-order chi connectivity index (χ1) is 13.8. The van der Waals surface area contributed by atoms with Gasteiger partial charge in [0.1, 0.15) is 0 Å². The van der Waals surface area contributed by atoms with Crippen molar-refractivity contribution in [3.63, 3.8) is 0 Å². The number of amides is 2. The maximum atomic E-state index is 12.4. The molecule has 2 amide bonds. The SMILES string of the molecule is CC(=O)c1cc2c(cc1NC(=O)CN(C)CC(=O)Nc1ccccc1Cl)OCO2. The average Bonchev–Trinajstić information content (AvgIpc) is 3.09. The molecule has 0 saturated carbocycles. The lowest BCUT2D eigenvalue weighted by molar-refractivity contribution is -0.119. The van der Waals surface area contributed by atoms with E-state index in [4.69, 9.17) is 21.1 Å². The number of carbonyl (C=O) groups excluding carboxylic acids is 3. The number of benzene rings is 2. The van der Waals surface area contributed by atoms with Gasteiger partial charge >= 0.3 is 0 Å². The number of likely N-dealkylation sites (N-methyl/N-ethyl adjacent to an activating group) is 1. The van der Waals surface area contributed by atoms with Gasteiger partial charge in [-0.25, -0.2) is 0 Å². The lowest BCUT2D eigenvalue weighted by atomic mass is 10.1. The molecule has 2 aromatic carbocycles. The second-order valence-corrected chi connectivity index (χ2v) is 6.96. The van der Waals surface area contributed by atoms with E-state index in [2.05, 4.69) is 10.6 Å². The van der Waals surface area contributed by atoms with Crippen molar-refractivity contribution in [3.8, 4) is 11.5 Å². The molecule has 0 spiro atoms. The smallest absolute Gasteiger partial charge is 0.238 e. The molecule has 0 aromatic heterocycles. The van der Waals surface area contributed by atoms with Crippen LogP contribution in [0.25, 0.3) is 0 Å². The second kappa shape index (κ2) is 8.93. The van der Waals surface area contributed by atoms with E-state index >= 15 is 0 Å². The van der Waals surface area contributed by atoms with Gasteiger partial charge in [0.25, 0.3) is 0 Å².